The standard InChI is InChI=1S/C9H18N2.2C2H6/c1-3-11-7-6-10(2)9(8-11)4-5-9;2*1-2/h3-8H2,1-2H3;2*1-2H3. The van der Waals surface area contributed by atoms with Crippen LogP contribution >= 0.6 is 0 Å². The molecule has 0 radical (unpaired) electrons. The highest BCUT2D eigenvalue weighted by molar-refractivity contribution is 5.06. The van der Waals surface area contributed by atoms with Crippen molar-refractivity contribution < 1.29 is 0 Å². The van der Waals surface area contributed by atoms with Gasteiger partial charge in [-0.1, -0.05) is 34.6 Å². The van der Waals surface area contributed by atoms with Crippen molar-refractivity contribution in [3.05, 3.63) is 0 Å². The Morgan fingerprint density at radius 2 is 1.53 bits per heavy atom. The fraction of sp³-hybridized carbons (Fsp3) is 1.00. The van der Waals surface area contributed by atoms with Crippen LogP contribution in [-0.4, -0.2) is 48.6 Å². The second-order valence-corrected chi connectivity index (χ2v) is 4.01. The van der Waals surface area contributed by atoms with Gasteiger partial charge in [0.25, 0.3) is 0 Å². The number of hydrogen-bond acceptors (Lipinski definition) is 2. The summed E-state index contributed by atoms with van der Waals surface area (Å²) >= 11 is 0. The van der Waals surface area contributed by atoms with Crippen molar-refractivity contribution in [1.82, 2.24) is 9.80 Å². The van der Waals surface area contributed by atoms with Crippen LogP contribution in [0.25, 0.3) is 0 Å². The van der Waals surface area contributed by atoms with Gasteiger partial charge in [-0.2, -0.15) is 0 Å². The first-order valence-corrected chi connectivity index (χ1v) is 6.70. The van der Waals surface area contributed by atoms with Crippen LogP contribution in [0, 0.1) is 0 Å². The zero-order valence-electron chi connectivity index (χ0n) is 11.6. The Labute approximate surface area is 96.6 Å². The van der Waals surface area contributed by atoms with Gasteiger partial charge in [0.15, 0.2) is 0 Å². The highest BCUT2D eigenvalue weighted by Gasteiger charge is 2.48. The van der Waals surface area contributed by atoms with Gasteiger partial charge < -0.3 is 4.90 Å². The number of nitrogens with zero attached hydrogens (tertiary/aromatic N) is 2. The van der Waals surface area contributed by atoms with Crippen molar-refractivity contribution in [2.45, 2.75) is 53.0 Å². The third-order valence-corrected chi connectivity index (χ3v) is 3.35. The average Bonchev–Trinajstić information content (AvgIpc) is 3.09. The van der Waals surface area contributed by atoms with Gasteiger partial charge in [-0.15, -0.1) is 0 Å². The molecule has 0 aromatic carbocycles. The molecule has 1 aliphatic carbocycles. The van der Waals surface area contributed by atoms with E-state index in [9.17, 15) is 0 Å². The fourth-order valence-electron chi connectivity index (χ4n) is 2.10. The third-order valence-electron chi connectivity index (χ3n) is 3.35. The van der Waals surface area contributed by atoms with E-state index >= 15 is 0 Å². The monoisotopic (exact) mass is 214 g/mol. The summed E-state index contributed by atoms with van der Waals surface area (Å²) in [6, 6.07) is 0. The van der Waals surface area contributed by atoms with Crippen LogP contribution in [0.5, 0.6) is 0 Å². The summed E-state index contributed by atoms with van der Waals surface area (Å²) in [5.41, 5.74) is 0.619. The summed E-state index contributed by atoms with van der Waals surface area (Å²) < 4.78 is 0. The lowest BCUT2D eigenvalue weighted by molar-refractivity contribution is 0.0844. The SMILES string of the molecule is CC.CC.CCN1CCN(C)C2(CC2)C1. The maximum Gasteiger partial charge on any atom is 0.0335 e. The molecule has 1 aliphatic heterocycles. The number of likely N-dealkylation sites (N-methyl/N-ethyl adjacent to an activating group) is 2. The molecule has 2 rings (SSSR count). The lowest BCUT2D eigenvalue weighted by Gasteiger charge is -2.39. The van der Waals surface area contributed by atoms with E-state index in [1.54, 1.807) is 0 Å². The Kier molecular flexibility index (Phi) is 7.20. The summed E-state index contributed by atoms with van der Waals surface area (Å²) in [6.07, 6.45) is 2.86. The molecule has 0 bridgehead atoms. The highest BCUT2D eigenvalue weighted by atomic mass is 15.3. The van der Waals surface area contributed by atoms with Crippen molar-refractivity contribution in [2.75, 3.05) is 33.2 Å². The largest absolute Gasteiger partial charge is 0.301 e. The van der Waals surface area contributed by atoms with E-state index < -0.39 is 0 Å². The topological polar surface area (TPSA) is 6.48 Å². The van der Waals surface area contributed by atoms with Crippen LogP contribution in [0.2, 0.25) is 0 Å². The van der Waals surface area contributed by atoms with Crippen LogP contribution in [0.15, 0.2) is 0 Å². The molecule has 0 atom stereocenters. The second-order valence-electron chi connectivity index (χ2n) is 4.01. The second kappa shape index (κ2) is 7.24. The molecule has 2 nitrogen and oxygen atoms in total. The van der Waals surface area contributed by atoms with Crippen LogP contribution < -0.4 is 0 Å². The minimum absolute atomic E-state index is 0.619. The van der Waals surface area contributed by atoms with E-state index in [0.717, 1.165) is 0 Å². The molecule has 2 heteroatoms. The van der Waals surface area contributed by atoms with E-state index in [0.29, 0.717) is 5.54 Å². The molecular formula is C13H30N2. The zero-order chi connectivity index (χ0) is 11.9. The van der Waals surface area contributed by atoms with E-state index in [1.807, 2.05) is 27.7 Å². The minimum Gasteiger partial charge on any atom is -0.301 e. The first-order valence-electron chi connectivity index (χ1n) is 6.70. The lowest BCUT2D eigenvalue weighted by Crippen LogP contribution is -2.52. The molecule has 0 N–H and O–H groups in total. The molecular weight excluding hydrogens is 184 g/mol. The highest BCUT2D eigenvalue weighted by Crippen LogP contribution is 2.42. The first-order chi connectivity index (χ1) is 7.27. The van der Waals surface area contributed by atoms with Crippen molar-refractivity contribution >= 4 is 0 Å². The van der Waals surface area contributed by atoms with Crippen molar-refractivity contribution in [2.24, 2.45) is 0 Å². The first kappa shape index (κ1) is 14.9. The predicted octanol–water partition coefficient (Wildman–Crippen LogP) is 2.84. The Hall–Kier alpha value is -0.0800. The molecule has 1 heterocycles. The molecule has 2 aliphatic rings. The number of piperazine rings is 1. The van der Waals surface area contributed by atoms with Crippen LogP contribution in [0.3, 0.4) is 0 Å². The average molecular weight is 214 g/mol. The van der Waals surface area contributed by atoms with Gasteiger partial charge in [0.2, 0.25) is 0 Å². The number of hydrogen-bond donors (Lipinski definition) is 0. The van der Waals surface area contributed by atoms with E-state index in [4.69, 9.17) is 0 Å². The predicted molar refractivity (Wildman–Crippen MR) is 69.4 cm³/mol. The molecule has 2 fully saturated rings. The summed E-state index contributed by atoms with van der Waals surface area (Å²) in [6.45, 7) is 15.4. The van der Waals surface area contributed by atoms with Crippen molar-refractivity contribution in [3.8, 4) is 0 Å². The van der Waals surface area contributed by atoms with Gasteiger partial charge in [0.05, 0.1) is 0 Å². The Morgan fingerprint density at radius 1 is 1.00 bits per heavy atom. The Morgan fingerprint density at radius 3 is 1.93 bits per heavy atom. The zero-order valence-corrected chi connectivity index (χ0v) is 11.6. The normalized spacial score (nSPS) is 23.6. The molecule has 0 amide bonds. The molecule has 0 unspecified atom stereocenters. The van der Waals surface area contributed by atoms with Gasteiger partial charge in [0, 0.05) is 25.2 Å². The lowest BCUT2D eigenvalue weighted by atomic mass is 10.1. The fourth-order valence-corrected chi connectivity index (χ4v) is 2.10. The molecule has 15 heavy (non-hydrogen) atoms. The summed E-state index contributed by atoms with van der Waals surface area (Å²) in [5.74, 6) is 0. The minimum atomic E-state index is 0.619. The van der Waals surface area contributed by atoms with Gasteiger partial charge in [0.1, 0.15) is 0 Å². The molecule has 0 aromatic heterocycles. The Balaban J connectivity index is 0.000000442. The van der Waals surface area contributed by atoms with Crippen LogP contribution in [0.4, 0.5) is 0 Å². The van der Waals surface area contributed by atoms with Crippen molar-refractivity contribution in [1.29, 1.82) is 0 Å². The number of rotatable bonds is 1. The maximum absolute atomic E-state index is 2.58. The van der Waals surface area contributed by atoms with E-state index in [1.165, 1.54) is 39.0 Å². The van der Waals surface area contributed by atoms with E-state index in [2.05, 4.69) is 23.8 Å². The molecule has 0 aromatic rings. The summed E-state index contributed by atoms with van der Waals surface area (Å²) in [4.78, 5) is 5.13. The van der Waals surface area contributed by atoms with Gasteiger partial charge in [-0.05, 0) is 26.4 Å². The van der Waals surface area contributed by atoms with Crippen molar-refractivity contribution in [3.63, 3.8) is 0 Å². The maximum atomic E-state index is 2.58. The van der Waals surface area contributed by atoms with E-state index in [-0.39, 0.29) is 0 Å². The van der Waals surface area contributed by atoms with Gasteiger partial charge >= 0.3 is 0 Å². The molecule has 1 saturated carbocycles. The summed E-state index contributed by atoms with van der Waals surface area (Å²) in [7, 11) is 2.28. The van der Waals surface area contributed by atoms with Crippen LogP contribution in [-0.2, 0) is 0 Å². The third kappa shape index (κ3) is 3.76. The molecule has 1 saturated heterocycles. The molecule has 1 spiro atoms. The smallest absolute Gasteiger partial charge is 0.0335 e. The summed E-state index contributed by atoms with van der Waals surface area (Å²) in [5, 5.41) is 0. The quantitative estimate of drug-likeness (QED) is 0.662. The molecule has 92 valence electrons. The Bertz CT molecular complexity index is 153. The van der Waals surface area contributed by atoms with Crippen LogP contribution in [0.1, 0.15) is 47.5 Å². The van der Waals surface area contributed by atoms with Gasteiger partial charge in [-0.25, -0.2) is 0 Å². The van der Waals surface area contributed by atoms with Gasteiger partial charge in [-0.3, -0.25) is 4.90 Å².